The molecule has 3 aromatic rings. The molecule has 5 rings (SSSR count). The fourth-order valence-electron chi connectivity index (χ4n) is 4.60. The second-order valence-corrected chi connectivity index (χ2v) is 7.68. The molecule has 35 heavy (non-hydrogen) atoms. The lowest BCUT2D eigenvalue weighted by atomic mass is 9.73. The third kappa shape index (κ3) is 2.72. The third-order valence-corrected chi connectivity index (χ3v) is 5.93. The predicted octanol–water partition coefficient (Wildman–Crippen LogP) is 2.85. The Bertz CT molecular complexity index is 1500. The molecule has 1 unspecified atom stereocenters. The van der Waals surface area contributed by atoms with Crippen LogP contribution in [0.2, 0.25) is 0 Å². The van der Waals surface area contributed by atoms with Crippen LogP contribution in [-0.4, -0.2) is 51.4 Å². The lowest BCUT2D eigenvalue weighted by Crippen LogP contribution is -2.37. The van der Waals surface area contributed by atoms with E-state index < -0.39 is 63.2 Å². The molecule has 176 valence electrons. The van der Waals surface area contributed by atoms with Gasteiger partial charge in [0.05, 0.1) is 23.8 Å². The Kier molecular flexibility index (Phi) is 4.49. The first kappa shape index (κ1) is 21.8. The van der Waals surface area contributed by atoms with Gasteiger partial charge in [-0.05, 0) is 18.2 Å². The molecule has 2 aliphatic rings. The van der Waals surface area contributed by atoms with Gasteiger partial charge in [-0.1, -0.05) is 18.2 Å². The number of phenolic OH excluding ortho intramolecular Hbond substituents is 1. The van der Waals surface area contributed by atoms with Crippen molar-refractivity contribution in [3.8, 4) is 23.0 Å². The van der Waals surface area contributed by atoms with Gasteiger partial charge in [0, 0.05) is 17.2 Å². The number of fused-ring (bicyclic) bond motifs is 6. The molecule has 0 aromatic heterocycles. The van der Waals surface area contributed by atoms with Gasteiger partial charge >= 0.3 is 23.9 Å². The number of methoxy groups -OCH3 is 1. The smallest absolute Gasteiger partial charge is 0.343 e. The minimum atomic E-state index is -2.07. The molecule has 0 fully saturated rings. The maximum atomic E-state index is 13.0. The molecule has 2 aliphatic heterocycles. The Hall–Kier alpha value is -5.06. The molecule has 0 saturated carbocycles. The van der Waals surface area contributed by atoms with E-state index in [4.69, 9.17) is 14.2 Å². The lowest BCUT2D eigenvalue weighted by molar-refractivity contribution is 0.0212. The van der Waals surface area contributed by atoms with Crippen molar-refractivity contribution < 1.29 is 53.8 Å². The standard InChI is InChI=1S/C24H14O11/c1-33-23(32)14-15(20(27)28)18(26)16(21(29)30)19-17(14)24(12-7-6-9(25)8-13(12)34-19)11-5-3-2-4-10(11)22(31)35-24/h2-8,25-26H,1H3,(H,27,28)(H,29,30). The zero-order chi connectivity index (χ0) is 25.2. The molecule has 2 heterocycles. The summed E-state index contributed by atoms with van der Waals surface area (Å²) >= 11 is 0. The number of hydrogen-bond donors (Lipinski definition) is 4. The summed E-state index contributed by atoms with van der Waals surface area (Å²) in [5.41, 5.74) is -5.05. The molecule has 0 bridgehead atoms. The highest BCUT2D eigenvalue weighted by atomic mass is 16.6. The molecular weight excluding hydrogens is 464 g/mol. The van der Waals surface area contributed by atoms with E-state index in [2.05, 4.69) is 0 Å². The summed E-state index contributed by atoms with van der Waals surface area (Å²) in [7, 11) is 0.958. The van der Waals surface area contributed by atoms with Gasteiger partial charge < -0.3 is 34.6 Å². The minimum Gasteiger partial charge on any atom is -0.508 e. The molecule has 0 aliphatic carbocycles. The van der Waals surface area contributed by atoms with Gasteiger partial charge in [0.25, 0.3) is 0 Å². The highest BCUT2D eigenvalue weighted by Crippen LogP contribution is 2.60. The Balaban J connectivity index is 2.08. The Labute approximate surface area is 195 Å². The van der Waals surface area contributed by atoms with Gasteiger partial charge in [0.15, 0.2) is 11.4 Å². The molecule has 0 amide bonds. The SMILES string of the molecule is COC(=O)c1c(C(=O)O)c(O)c(C(=O)O)c2c1C1(OC(=O)c3ccccc31)c1ccc(O)cc1O2. The number of carbonyl (C=O) groups is 4. The molecule has 4 N–H and O–H groups in total. The van der Waals surface area contributed by atoms with E-state index in [-0.39, 0.29) is 28.2 Å². The second-order valence-electron chi connectivity index (χ2n) is 7.68. The largest absolute Gasteiger partial charge is 0.508 e. The van der Waals surface area contributed by atoms with Crippen LogP contribution >= 0.6 is 0 Å². The number of esters is 2. The van der Waals surface area contributed by atoms with Crippen LogP contribution in [0.15, 0.2) is 42.5 Å². The molecular formula is C24H14O11. The Morgan fingerprint density at radius 3 is 2.26 bits per heavy atom. The van der Waals surface area contributed by atoms with Crippen LogP contribution in [0.4, 0.5) is 0 Å². The first-order chi connectivity index (χ1) is 16.6. The van der Waals surface area contributed by atoms with Gasteiger partial charge in [-0.25, -0.2) is 19.2 Å². The highest BCUT2D eigenvalue weighted by Gasteiger charge is 2.57. The minimum absolute atomic E-state index is 0.0667. The van der Waals surface area contributed by atoms with E-state index in [9.17, 15) is 39.6 Å². The maximum Gasteiger partial charge on any atom is 0.343 e. The fraction of sp³-hybridized carbons (Fsp3) is 0.0833. The van der Waals surface area contributed by atoms with E-state index in [1.54, 1.807) is 12.1 Å². The van der Waals surface area contributed by atoms with Gasteiger partial charge in [0.1, 0.15) is 28.4 Å². The van der Waals surface area contributed by atoms with Crippen LogP contribution in [-0.2, 0) is 15.1 Å². The van der Waals surface area contributed by atoms with Crippen LogP contribution in [0, 0.1) is 0 Å². The molecule has 11 heteroatoms. The van der Waals surface area contributed by atoms with E-state index in [0.29, 0.717) is 0 Å². The summed E-state index contributed by atoms with van der Waals surface area (Å²) < 4.78 is 16.3. The molecule has 0 radical (unpaired) electrons. The summed E-state index contributed by atoms with van der Waals surface area (Å²) in [4.78, 5) is 50.3. The van der Waals surface area contributed by atoms with Crippen molar-refractivity contribution >= 4 is 23.9 Å². The zero-order valence-electron chi connectivity index (χ0n) is 17.7. The van der Waals surface area contributed by atoms with Crippen molar-refractivity contribution in [3.05, 3.63) is 81.4 Å². The first-order valence-electron chi connectivity index (χ1n) is 9.96. The summed E-state index contributed by atoms with van der Waals surface area (Å²) in [6.07, 6.45) is 0. The van der Waals surface area contributed by atoms with Crippen LogP contribution < -0.4 is 4.74 Å². The third-order valence-electron chi connectivity index (χ3n) is 5.93. The number of aromatic carboxylic acids is 2. The number of benzene rings is 3. The lowest BCUT2D eigenvalue weighted by Gasteiger charge is -2.38. The van der Waals surface area contributed by atoms with E-state index >= 15 is 0 Å². The van der Waals surface area contributed by atoms with Crippen molar-refractivity contribution in [2.24, 2.45) is 0 Å². The summed E-state index contributed by atoms with van der Waals surface area (Å²) in [5.74, 6) is -8.06. The highest BCUT2D eigenvalue weighted by molar-refractivity contribution is 6.12. The van der Waals surface area contributed by atoms with Crippen molar-refractivity contribution in [3.63, 3.8) is 0 Å². The molecule has 0 saturated heterocycles. The van der Waals surface area contributed by atoms with Crippen LogP contribution in [0.1, 0.15) is 58.1 Å². The number of phenols is 2. The maximum absolute atomic E-state index is 13.0. The number of carboxylic acids is 2. The topological polar surface area (TPSA) is 177 Å². The number of carboxylic acid groups (broad SMARTS) is 2. The number of aromatic hydroxyl groups is 2. The van der Waals surface area contributed by atoms with E-state index in [1.807, 2.05) is 0 Å². The van der Waals surface area contributed by atoms with Crippen molar-refractivity contribution in [2.75, 3.05) is 7.11 Å². The van der Waals surface area contributed by atoms with Crippen molar-refractivity contribution in [1.82, 2.24) is 0 Å². The van der Waals surface area contributed by atoms with Gasteiger partial charge in [0.2, 0.25) is 0 Å². The van der Waals surface area contributed by atoms with Gasteiger partial charge in [-0.3, -0.25) is 0 Å². The van der Waals surface area contributed by atoms with Crippen LogP contribution in [0.5, 0.6) is 23.0 Å². The van der Waals surface area contributed by atoms with E-state index in [1.165, 1.54) is 24.3 Å². The average molecular weight is 478 g/mol. The van der Waals surface area contributed by atoms with Crippen LogP contribution in [0.25, 0.3) is 0 Å². The monoisotopic (exact) mass is 478 g/mol. The molecule has 1 spiro atoms. The quantitative estimate of drug-likeness (QED) is 0.407. The fourth-order valence-corrected chi connectivity index (χ4v) is 4.60. The number of hydrogen-bond acceptors (Lipinski definition) is 9. The normalized spacial score (nSPS) is 17.0. The van der Waals surface area contributed by atoms with E-state index in [0.717, 1.165) is 13.2 Å². The average Bonchev–Trinajstić information content (AvgIpc) is 3.10. The number of carbonyl (C=O) groups excluding carboxylic acids is 2. The van der Waals surface area contributed by atoms with Crippen molar-refractivity contribution in [1.29, 1.82) is 0 Å². The molecule has 3 aromatic carbocycles. The Morgan fingerprint density at radius 1 is 0.914 bits per heavy atom. The molecule has 1 atom stereocenters. The summed E-state index contributed by atoms with van der Waals surface area (Å²) in [6, 6.07) is 9.75. The van der Waals surface area contributed by atoms with Gasteiger partial charge in [-0.2, -0.15) is 0 Å². The Morgan fingerprint density at radius 2 is 1.60 bits per heavy atom. The number of ether oxygens (including phenoxy) is 3. The predicted molar refractivity (Wildman–Crippen MR) is 113 cm³/mol. The van der Waals surface area contributed by atoms with Gasteiger partial charge in [-0.15, -0.1) is 0 Å². The summed E-state index contributed by atoms with van der Waals surface area (Å²) in [6.45, 7) is 0. The number of rotatable bonds is 3. The zero-order valence-corrected chi connectivity index (χ0v) is 17.7. The molecule has 11 nitrogen and oxygen atoms in total. The van der Waals surface area contributed by atoms with Crippen LogP contribution in [0.3, 0.4) is 0 Å². The first-order valence-corrected chi connectivity index (χ1v) is 9.96. The summed E-state index contributed by atoms with van der Waals surface area (Å²) in [5, 5.41) is 40.5. The second kappa shape index (κ2) is 7.22. The van der Waals surface area contributed by atoms with Crippen molar-refractivity contribution in [2.45, 2.75) is 5.60 Å².